The van der Waals surface area contributed by atoms with Gasteiger partial charge in [0.25, 0.3) is 5.91 Å². The monoisotopic (exact) mass is 372 g/mol. The van der Waals surface area contributed by atoms with Crippen LogP contribution >= 0.6 is 15.9 Å². The molecular weight excluding hydrogens is 356 g/mol. The highest BCUT2D eigenvalue weighted by molar-refractivity contribution is 9.10. The zero-order chi connectivity index (χ0) is 17.0. The van der Waals surface area contributed by atoms with Crippen LogP contribution in [-0.4, -0.2) is 11.8 Å². The molecule has 0 atom stereocenters. The summed E-state index contributed by atoms with van der Waals surface area (Å²) in [4.78, 5) is 25.0. The van der Waals surface area contributed by atoms with E-state index in [9.17, 15) is 9.59 Å². The van der Waals surface area contributed by atoms with Gasteiger partial charge in [-0.05, 0) is 61.4 Å². The van der Waals surface area contributed by atoms with Gasteiger partial charge in [0.15, 0.2) is 0 Å². The third kappa shape index (κ3) is 4.29. The number of halogens is 1. The number of amides is 2. The summed E-state index contributed by atoms with van der Waals surface area (Å²) in [5.74, 6) is -0.997. The molecule has 2 amide bonds. The fraction of sp³-hybridized carbons (Fsp3) is 0.111. The van der Waals surface area contributed by atoms with E-state index in [2.05, 4.69) is 15.9 Å². The molecule has 0 aliphatic carbocycles. The van der Waals surface area contributed by atoms with Gasteiger partial charge in [-0.3, -0.25) is 14.5 Å². The third-order valence-electron chi connectivity index (χ3n) is 3.44. The molecule has 118 valence electrons. The highest BCUT2D eigenvalue weighted by Crippen LogP contribution is 2.28. The van der Waals surface area contributed by atoms with Crippen LogP contribution in [0, 0.1) is 13.8 Å². The van der Waals surface area contributed by atoms with Crippen molar-refractivity contribution in [2.24, 2.45) is 5.73 Å². The molecule has 5 heteroatoms. The molecule has 0 aromatic heterocycles. The van der Waals surface area contributed by atoms with Crippen LogP contribution in [0.3, 0.4) is 0 Å². The van der Waals surface area contributed by atoms with Gasteiger partial charge in [0.1, 0.15) is 0 Å². The normalized spacial score (nSPS) is 10.7. The number of rotatable bonds is 4. The minimum Gasteiger partial charge on any atom is -0.366 e. The second kappa shape index (κ2) is 7.24. The highest BCUT2D eigenvalue weighted by Gasteiger charge is 2.16. The molecule has 0 heterocycles. The van der Waals surface area contributed by atoms with Gasteiger partial charge < -0.3 is 5.73 Å². The number of carbonyl (C=O) groups excluding carboxylic acids is 2. The Morgan fingerprint density at radius 1 is 0.957 bits per heavy atom. The molecule has 0 aliphatic heterocycles. The molecule has 4 nitrogen and oxygen atoms in total. The van der Waals surface area contributed by atoms with Crippen molar-refractivity contribution in [1.82, 2.24) is 0 Å². The summed E-state index contributed by atoms with van der Waals surface area (Å²) in [6.45, 7) is 4.00. The number of carbonyl (C=O) groups is 2. The molecule has 0 spiro atoms. The lowest BCUT2D eigenvalue weighted by Gasteiger charge is -2.22. The summed E-state index contributed by atoms with van der Waals surface area (Å²) in [6.07, 6.45) is 2.24. The van der Waals surface area contributed by atoms with Crippen LogP contribution < -0.4 is 10.6 Å². The fourth-order valence-corrected chi connectivity index (χ4v) is 2.35. The predicted octanol–water partition coefficient (Wildman–Crippen LogP) is 3.77. The molecule has 0 bridgehead atoms. The molecule has 2 rings (SSSR count). The first-order valence-corrected chi connectivity index (χ1v) is 7.82. The lowest BCUT2D eigenvalue weighted by Crippen LogP contribution is -2.24. The highest BCUT2D eigenvalue weighted by atomic mass is 79.9. The minimum atomic E-state index is -0.658. The summed E-state index contributed by atoms with van der Waals surface area (Å²) in [5.41, 5.74) is 8.74. The number of nitrogens with zero attached hydrogens (tertiary/aromatic N) is 1. The standard InChI is InChI=1S/C18H17BrN2O2/c1-12-3-6-16(11-13(12)2)21(18(23)10-9-17(20)22)15-7-4-14(19)5-8-15/h3-11H,1-2H3,(H2,20,22). The third-order valence-corrected chi connectivity index (χ3v) is 3.97. The van der Waals surface area contributed by atoms with Gasteiger partial charge in [-0.1, -0.05) is 22.0 Å². The first kappa shape index (κ1) is 17.0. The SMILES string of the molecule is Cc1ccc(N(C(=O)C=CC(N)=O)c2ccc(Br)cc2)cc1C. The van der Waals surface area contributed by atoms with Gasteiger partial charge in [-0.2, -0.15) is 0 Å². The summed E-state index contributed by atoms with van der Waals surface area (Å²) in [6, 6.07) is 13.1. The maximum absolute atomic E-state index is 12.5. The van der Waals surface area contributed by atoms with Crippen LogP contribution in [0.5, 0.6) is 0 Å². The molecule has 0 aliphatic rings. The van der Waals surface area contributed by atoms with Gasteiger partial charge in [0.2, 0.25) is 5.91 Å². The second-order valence-corrected chi connectivity index (χ2v) is 6.07. The summed E-state index contributed by atoms with van der Waals surface area (Å²) in [5, 5.41) is 0. The van der Waals surface area contributed by atoms with Crippen molar-refractivity contribution in [1.29, 1.82) is 0 Å². The van der Waals surface area contributed by atoms with E-state index < -0.39 is 5.91 Å². The van der Waals surface area contributed by atoms with E-state index in [4.69, 9.17) is 5.73 Å². The van der Waals surface area contributed by atoms with Crippen molar-refractivity contribution in [2.75, 3.05) is 4.90 Å². The number of benzene rings is 2. The first-order valence-electron chi connectivity index (χ1n) is 7.03. The van der Waals surface area contributed by atoms with Crippen LogP contribution in [0.25, 0.3) is 0 Å². The van der Waals surface area contributed by atoms with Crippen molar-refractivity contribution in [2.45, 2.75) is 13.8 Å². The average Bonchev–Trinajstić information content (AvgIpc) is 2.51. The predicted molar refractivity (Wildman–Crippen MR) is 95.5 cm³/mol. The summed E-state index contributed by atoms with van der Waals surface area (Å²) in [7, 11) is 0. The first-order chi connectivity index (χ1) is 10.9. The van der Waals surface area contributed by atoms with Gasteiger partial charge in [-0.15, -0.1) is 0 Å². The Hall–Kier alpha value is -2.40. The zero-order valence-electron chi connectivity index (χ0n) is 12.9. The van der Waals surface area contributed by atoms with Gasteiger partial charge in [-0.25, -0.2) is 0 Å². The van der Waals surface area contributed by atoms with Crippen LogP contribution in [0.2, 0.25) is 0 Å². The molecule has 0 radical (unpaired) electrons. The Labute approximate surface area is 143 Å². The maximum Gasteiger partial charge on any atom is 0.255 e. The molecule has 2 N–H and O–H groups in total. The van der Waals surface area contributed by atoms with Crippen molar-refractivity contribution in [3.63, 3.8) is 0 Å². The van der Waals surface area contributed by atoms with Gasteiger partial charge >= 0.3 is 0 Å². The number of hydrogen-bond acceptors (Lipinski definition) is 2. The van der Waals surface area contributed by atoms with Crippen LogP contribution in [0.4, 0.5) is 11.4 Å². The van der Waals surface area contributed by atoms with Crippen LogP contribution in [0.15, 0.2) is 59.1 Å². The Balaban J connectivity index is 2.50. The van der Waals surface area contributed by atoms with Crippen molar-refractivity contribution >= 4 is 39.1 Å². The Bertz CT molecular complexity index is 767. The molecule has 0 fully saturated rings. The Morgan fingerprint density at radius 2 is 1.57 bits per heavy atom. The van der Waals surface area contributed by atoms with E-state index in [1.165, 1.54) is 11.0 Å². The largest absolute Gasteiger partial charge is 0.366 e. The number of anilines is 2. The molecule has 0 unspecified atom stereocenters. The minimum absolute atomic E-state index is 0.339. The molecule has 0 saturated heterocycles. The zero-order valence-corrected chi connectivity index (χ0v) is 14.5. The average molecular weight is 373 g/mol. The fourth-order valence-electron chi connectivity index (χ4n) is 2.09. The van der Waals surface area contributed by atoms with Crippen molar-refractivity contribution in [3.05, 3.63) is 70.2 Å². The van der Waals surface area contributed by atoms with Gasteiger partial charge in [0.05, 0.1) is 0 Å². The van der Waals surface area contributed by atoms with Crippen LogP contribution in [0.1, 0.15) is 11.1 Å². The van der Waals surface area contributed by atoms with E-state index in [1.807, 2.05) is 56.3 Å². The topological polar surface area (TPSA) is 63.4 Å². The lowest BCUT2D eigenvalue weighted by molar-refractivity contribution is -0.115. The summed E-state index contributed by atoms with van der Waals surface area (Å²) < 4.78 is 0.918. The smallest absolute Gasteiger partial charge is 0.255 e. The molecule has 2 aromatic carbocycles. The Kier molecular flexibility index (Phi) is 5.34. The summed E-state index contributed by atoms with van der Waals surface area (Å²) >= 11 is 3.38. The van der Waals surface area contributed by atoms with E-state index >= 15 is 0 Å². The molecule has 23 heavy (non-hydrogen) atoms. The second-order valence-electron chi connectivity index (χ2n) is 5.15. The number of hydrogen-bond donors (Lipinski definition) is 1. The molecule has 2 aromatic rings. The van der Waals surface area contributed by atoms with Crippen LogP contribution in [-0.2, 0) is 9.59 Å². The molecular formula is C18H17BrN2O2. The maximum atomic E-state index is 12.5. The van der Waals surface area contributed by atoms with E-state index in [-0.39, 0.29) is 5.91 Å². The van der Waals surface area contributed by atoms with Crippen molar-refractivity contribution in [3.8, 4) is 0 Å². The van der Waals surface area contributed by atoms with Gasteiger partial charge in [0, 0.05) is 28.0 Å². The quantitative estimate of drug-likeness (QED) is 0.830. The number of primary amides is 1. The van der Waals surface area contributed by atoms with E-state index in [1.54, 1.807) is 0 Å². The lowest BCUT2D eigenvalue weighted by atomic mass is 10.1. The number of aryl methyl sites for hydroxylation is 2. The Morgan fingerprint density at radius 3 is 2.13 bits per heavy atom. The van der Waals surface area contributed by atoms with Crippen molar-refractivity contribution < 1.29 is 9.59 Å². The molecule has 0 saturated carbocycles. The number of nitrogens with two attached hydrogens (primary N) is 1. The van der Waals surface area contributed by atoms with E-state index in [0.29, 0.717) is 5.69 Å². The van der Waals surface area contributed by atoms with E-state index in [0.717, 1.165) is 27.4 Å².